The summed E-state index contributed by atoms with van der Waals surface area (Å²) < 4.78 is 5.28. The maximum Gasteiger partial charge on any atom is 0.276 e. The lowest BCUT2D eigenvalue weighted by Gasteiger charge is -2.21. The highest BCUT2D eigenvalue weighted by Gasteiger charge is 2.36. The summed E-state index contributed by atoms with van der Waals surface area (Å²) in [6.07, 6.45) is 0.914. The zero-order valence-electron chi connectivity index (χ0n) is 12.8. The van der Waals surface area contributed by atoms with Crippen molar-refractivity contribution in [2.45, 2.75) is 13.3 Å². The Balaban J connectivity index is 0.00000192. The van der Waals surface area contributed by atoms with Crippen molar-refractivity contribution in [2.75, 3.05) is 19.6 Å². The molecule has 0 radical (unpaired) electrons. The fourth-order valence-electron chi connectivity index (χ4n) is 2.65. The zero-order valence-corrected chi connectivity index (χ0v) is 14.4. The third-order valence-electron chi connectivity index (χ3n) is 4.20. The molecule has 7 heteroatoms. The largest absolute Gasteiger partial charge is 0.355 e. The molecule has 1 aliphatic heterocycles. The first-order valence-electron chi connectivity index (χ1n) is 7.23. The summed E-state index contributed by atoms with van der Waals surface area (Å²) in [4.78, 5) is 14.3. The van der Waals surface area contributed by atoms with Gasteiger partial charge < -0.3 is 15.2 Å². The topological polar surface area (TPSA) is 72.4 Å². The van der Waals surface area contributed by atoms with E-state index in [1.807, 2.05) is 12.1 Å². The first-order valence-corrected chi connectivity index (χ1v) is 7.61. The number of hydrogen-bond acceptors (Lipinski definition) is 4. The van der Waals surface area contributed by atoms with Gasteiger partial charge in [-0.15, -0.1) is 12.4 Å². The van der Waals surface area contributed by atoms with Crippen LogP contribution in [-0.2, 0) is 0 Å². The molecule has 1 aromatic carbocycles. The van der Waals surface area contributed by atoms with E-state index >= 15 is 0 Å². The summed E-state index contributed by atoms with van der Waals surface area (Å²) in [7, 11) is 0. The van der Waals surface area contributed by atoms with E-state index in [1.165, 1.54) is 0 Å². The van der Waals surface area contributed by atoms with Crippen LogP contribution in [0.4, 0.5) is 0 Å². The maximum absolute atomic E-state index is 12.5. The van der Waals surface area contributed by atoms with Gasteiger partial charge in [0, 0.05) is 29.7 Å². The summed E-state index contributed by atoms with van der Waals surface area (Å²) in [6.45, 7) is 4.04. The lowest BCUT2D eigenvalue weighted by atomic mass is 9.90. The quantitative estimate of drug-likeness (QED) is 0.917. The van der Waals surface area contributed by atoms with Crippen molar-refractivity contribution in [1.29, 1.82) is 0 Å². The van der Waals surface area contributed by atoms with E-state index in [9.17, 15) is 4.79 Å². The Bertz CT molecular complexity index is 687. The highest BCUT2D eigenvalue weighted by molar-refractivity contribution is 6.30. The van der Waals surface area contributed by atoms with Crippen LogP contribution in [0, 0.1) is 5.41 Å². The van der Waals surface area contributed by atoms with Crippen molar-refractivity contribution < 1.29 is 9.32 Å². The predicted octanol–water partition coefficient (Wildman–Crippen LogP) is 3.23. The van der Waals surface area contributed by atoms with E-state index in [1.54, 1.807) is 23.1 Å². The van der Waals surface area contributed by atoms with Gasteiger partial charge in [-0.25, -0.2) is 0 Å². The number of amides is 1. The molecule has 1 aromatic heterocycles. The summed E-state index contributed by atoms with van der Waals surface area (Å²) in [6, 6.07) is 8.88. The highest BCUT2D eigenvalue weighted by Crippen LogP contribution is 2.30. The van der Waals surface area contributed by atoms with E-state index in [-0.39, 0.29) is 23.7 Å². The molecule has 0 bridgehead atoms. The van der Waals surface area contributed by atoms with E-state index in [0.717, 1.165) is 12.0 Å². The van der Waals surface area contributed by atoms with Gasteiger partial charge in [0.15, 0.2) is 11.5 Å². The number of benzene rings is 1. The lowest BCUT2D eigenvalue weighted by molar-refractivity contribution is 0.0766. The fourth-order valence-corrected chi connectivity index (χ4v) is 2.78. The second-order valence-electron chi connectivity index (χ2n) is 6.07. The van der Waals surface area contributed by atoms with Gasteiger partial charge in [-0.1, -0.05) is 23.7 Å². The molecule has 1 saturated heterocycles. The average molecular weight is 356 g/mol. The molecule has 3 rings (SSSR count). The molecule has 0 aliphatic carbocycles. The van der Waals surface area contributed by atoms with Crippen molar-refractivity contribution >= 4 is 29.9 Å². The van der Waals surface area contributed by atoms with E-state index in [2.05, 4.69) is 12.1 Å². The van der Waals surface area contributed by atoms with Crippen LogP contribution in [0.5, 0.6) is 0 Å². The molecule has 2 heterocycles. The van der Waals surface area contributed by atoms with Crippen LogP contribution in [-0.4, -0.2) is 35.6 Å². The third-order valence-corrected chi connectivity index (χ3v) is 4.45. The Labute approximate surface area is 146 Å². The van der Waals surface area contributed by atoms with E-state index < -0.39 is 0 Å². The first kappa shape index (κ1) is 17.8. The number of carbonyl (C=O) groups excluding carboxylic acids is 1. The van der Waals surface area contributed by atoms with E-state index in [4.69, 9.17) is 21.9 Å². The molecular weight excluding hydrogens is 337 g/mol. The van der Waals surface area contributed by atoms with Gasteiger partial charge in [0.25, 0.3) is 5.91 Å². The van der Waals surface area contributed by atoms with Crippen molar-refractivity contribution in [3.8, 4) is 11.3 Å². The summed E-state index contributed by atoms with van der Waals surface area (Å²) in [5, 5.41) is 4.55. The summed E-state index contributed by atoms with van der Waals surface area (Å²) in [5.74, 6) is 0.446. The fraction of sp³-hybridized carbons (Fsp3) is 0.375. The molecule has 1 amide bonds. The Kier molecular flexibility index (Phi) is 5.34. The molecule has 2 N–H and O–H groups in total. The number of carbonyl (C=O) groups is 1. The minimum absolute atomic E-state index is 0. The molecule has 0 spiro atoms. The molecule has 1 fully saturated rings. The van der Waals surface area contributed by atoms with Crippen LogP contribution in [0.3, 0.4) is 0 Å². The van der Waals surface area contributed by atoms with Crippen LogP contribution in [0.2, 0.25) is 5.02 Å². The van der Waals surface area contributed by atoms with Gasteiger partial charge in [-0.05, 0) is 42.6 Å². The third kappa shape index (κ3) is 3.68. The number of rotatable bonds is 3. The van der Waals surface area contributed by atoms with Gasteiger partial charge in [0.1, 0.15) is 0 Å². The normalized spacial score (nSPS) is 20.4. The zero-order chi connectivity index (χ0) is 15.7. The number of aromatic nitrogens is 1. The average Bonchev–Trinajstić information content (AvgIpc) is 3.15. The van der Waals surface area contributed by atoms with Gasteiger partial charge >= 0.3 is 0 Å². The first-order chi connectivity index (χ1) is 10.5. The van der Waals surface area contributed by atoms with Gasteiger partial charge in [-0.2, -0.15) is 0 Å². The van der Waals surface area contributed by atoms with Crippen LogP contribution >= 0.6 is 24.0 Å². The number of halogens is 2. The monoisotopic (exact) mass is 355 g/mol. The Hall–Kier alpha value is -1.56. The van der Waals surface area contributed by atoms with Gasteiger partial charge in [-0.3, -0.25) is 4.79 Å². The van der Waals surface area contributed by atoms with Crippen molar-refractivity contribution in [3.05, 3.63) is 41.0 Å². The number of hydrogen-bond donors (Lipinski definition) is 1. The highest BCUT2D eigenvalue weighted by atomic mass is 35.5. The molecule has 5 nitrogen and oxygen atoms in total. The minimum Gasteiger partial charge on any atom is -0.355 e. The Morgan fingerprint density at radius 2 is 2.13 bits per heavy atom. The standard InChI is InChI=1S/C16H18ClN3O2.ClH/c1-16(9-18)6-7-20(10-16)15(21)13-8-14(22-19-13)11-2-4-12(17)5-3-11;/h2-5,8H,6-7,9-10,18H2,1H3;1H. The number of likely N-dealkylation sites (tertiary alicyclic amines) is 1. The number of nitrogens with zero attached hydrogens (tertiary/aromatic N) is 2. The van der Waals surface area contributed by atoms with Gasteiger partial charge in [0.2, 0.25) is 0 Å². The molecule has 23 heavy (non-hydrogen) atoms. The van der Waals surface area contributed by atoms with Gasteiger partial charge in [0.05, 0.1) is 0 Å². The van der Waals surface area contributed by atoms with Crippen LogP contribution < -0.4 is 5.73 Å². The molecular formula is C16H19Cl2N3O2. The molecule has 1 aliphatic rings. The predicted molar refractivity (Wildman–Crippen MR) is 91.9 cm³/mol. The minimum atomic E-state index is -0.110. The van der Waals surface area contributed by atoms with Crippen LogP contribution in [0.15, 0.2) is 34.9 Å². The SMILES string of the molecule is CC1(CN)CCN(C(=O)c2cc(-c3ccc(Cl)cc3)on2)C1.Cl. The Morgan fingerprint density at radius 3 is 2.74 bits per heavy atom. The second kappa shape index (κ2) is 6.91. The van der Waals surface area contributed by atoms with Crippen LogP contribution in [0.1, 0.15) is 23.8 Å². The maximum atomic E-state index is 12.5. The van der Waals surface area contributed by atoms with Crippen molar-refractivity contribution in [2.24, 2.45) is 11.1 Å². The molecule has 1 unspecified atom stereocenters. The number of nitrogens with two attached hydrogens (primary N) is 1. The van der Waals surface area contributed by atoms with Crippen molar-refractivity contribution in [1.82, 2.24) is 10.1 Å². The summed E-state index contributed by atoms with van der Waals surface area (Å²) >= 11 is 5.86. The molecule has 124 valence electrons. The van der Waals surface area contributed by atoms with Crippen molar-refractivity contribution in [3.63, 3.8) is 0 Å². The smallest absolute Gasteiger partial charge is 0.276 e. The second-order valence-corrected chi connectivity index (χ2v) is 6.51. The molecule has 0 saturated carbocycles. The molecule has 2 aromatic rings. The Morgan fingerprint density at radius 1 is 1.43 bits per heavy atom. The van der Waals surface area contributed by atoms with E-state index in [0.29, 0.717) is 36.1 Å². The summed E-state index contributed by atoms with van der Waals surface area (Å²) in [5.41, 5.74) is 6.94. The lowest BCUT2D eigenvalue weighted by Crippen LogP contribution is -2.34. The van der Waals surface area contributed by atoms with Crippen LogP contribution in [0.25, 0.3) is 11.3 Å². The molecule has 1 atom stereocenters.